The van der Waals surface area contributed by atoms with Gasteiger partial charge in [0.2, 0.25) is 0 Å². The van der Waals surface area contributed by atoms with E-state index in [0.717, 1.165) is 19.5 Å². The van der Waals surface area contributed by atoms with Gasteiger partial charge >= 0.3 is 0 Å². The van der Waals surface area contributed by atoms with E-state index >= 15 is 0 Å². The molecule has 1 aromatic heterocycles. The van der Waals surface area contributed by atoms with Gasteiger partial charge in [0.15, 0.2) is 0 Å². The summed E-state index contributed by atoms with van der Waals surface area (Å²) in [4.78, 5) is 6.80. The van der Waals surface area contributed by atoms with Gasteiger partial charge in [0, 0.05) is 25.5 Å². The van der Waals surface area contributed by atoms with Gasteiger partial charge in [-0.15, -0.1) is 0 Å². The predicted octanol–water partition coefficient (Wildman–Crippen LogP) is 4.08. The maximum atomic E-state index is 4.18. The van der Waals surface area contributed by atoms with E-state index in [2.05, 4.69) is 67.1 Å². The van der Waals surface area contributed by atoms with Crippen LogP contribution in [0.25, 0.3) is 0 Å². The molecule has 0 saturated carbocycles. The first-order valence-corrected chi connectivity index (χ1v) is 7.76. The molecule has 1 aliphatic rings. The average Bonchev–Trinajstić information content (AvgIpc) is 2.46. The summed E-state index contributed by atoms with van der Waals surface area (Å²) in [6.07, 6.45) is 4.96. The lowest BCUT2D eigenvalue weighted by Gasteiger charge is -2.41. The molecule has 1 aromatic carbocycles. The van der Waals surface area contributed by atoms with Gasteiger partial charge in [-0.1, -0.05) is 45.0 Å². The quantitative estimate of drug-likeness (QED) is 0.824. The molecule has 0 N–H and O–H groups in total. The molecule has 2 aromatic rings. The van der Waals surface area contributed by atoms with Crippen LogP contribution in [0.15, 0.2) is 48.8 Å². The number of pyridine rings is 1. The van der Waals surface area contributed by atoms with E-state index in [4.69, 9.17) is 0 Å². The maximum absolute atomic E-state index is 4.18. The van der Waals surface area contributed by atoms with E-state index in [0.29, 0.717) is 11.5 Å². The van der Waals surface area contributed by atoms with Crippen molar-refractivity contribution in [2.75, 3.05) is 13.1 Å². The lowest BCUT2D eigenvalue weighted by molar-refractivity contribution is 0.149. The third kappa shape index (κ3) is 3.16. The summed E-state index contributed by atoms with van der Waals surface area (Å²) in [7, 11) is 0. The van der Waals surface area contributed by atoms with Gasteiger partial charge in [0.05, 0.1) is 6.04 Å². The lowest BCUT2D eigenvalue weighted by Crippen LogP contribution is -2.41. The van der Waals surface area contributed by atoms with Crippen LogP contribution >= 0.6 is 0 Å². The summed E-state index contributed by atoms with van der Waals surface area (Å²) >= 11 is 0. The van der Waals surface area contributed by atoms with Crippen LogP contribution in [0.2, 0.25) is 0 Å². The molecule has 3 rings (SSSR count). The zero-order valence-corrected chi connectivity index (χ0v) is 13.2. The van der Waals surface area contributed by atoms with E-state index in [1.54, 1.807) is 0 Å². The summed E-state index contributed by atoms with van der Waals surface area (Å²) in [5.41, 5.74) is 4.60. The lowest BCUT2D eigenvalue weighted by atomic mass is 9.86. The van der Waals surface area contributed by atoms with Gasteiger partial charge in [-0.05, 0) is 40.7 Å². The van der Waals surface area contributed by atoms with Crippen molar-refractivity contribution < 1.29 is 0 Å². The molecule has 0 spiro atoms. The van der Waals surface area contributed by atoms with E-state index < -0.39 is 0 Å². The standard InChI is InChI=1S/C19H24N2/c1-19(2,3)14-21-13-10-15-6-4-5-7-17(15)18(21)16-8-11-20-12-9-16/h4-9,11-12,18H,10,13-14H2,1-3H3. The highest BCUT2D eigenvalue weighted by molar-refractivity contribution is 5.39. The highest BCUT2D eigenvalue weighted by Crippen LogP contribution is 2.36. The molecular formula is C19H24N2. The Morgan fingerprint density at radius 2 is 1.81 bits per heavy atom. The molecule has 1 aliphatic heterocycles. The summed E-state index contributed by atoms with van der Waals surface area (Å²) in [6, 6.07) is 13.5. The fraction of sp³-hybridized carbons (Fsp3) is 0.421. The number of nitrogens with zero attached hydrogens (tertiary/aromatic N) is 2. The first-order chi connectivity index (χ1) is 10.0. The zero-order valence-electron chi connectivity index (χ0n) is 13.2. The Morgan fingerprint density at radius 3 is 2.52 bits per heavy atom. The SMILES string of the molecule is CC(C)(C)CN1CCc2ccccc2C1c1ccncc1. The smallest absolute Gasteiger partial charge is 0.0605 e. The minimum absolute atomic E-state index is 0.303. The highest BCUT2D eigenvalue weighted by atomic mass is 15.2. The number of aromatic nitrogens is 1. The molecule has 1 unspecified atom stereocenters. The monoisotopic (exact) mass is 280 g/mol. The molecule has 110 valence electrons. The Morgan fingerprint density at radius 1 is 1.10 bits per heavy atom. The Hall–Kier alpha value is -1.67. The number of fused-ring (bicyclic) bond motifs is 1. The largest absolute Gasteiger partial charge is 0.292 e. The third-order valence-electron chi connectivity index (χ3n) is 4.08. The molecule has 0 radical (unpaired) electrons. The van der Waals surface area contributed by atoms with Crippen molar-refractivity contribution in [2.45, 2.75) is 33.2 Å². The fourth-order valence-electron chi connectivity index (χ4n) is 3.33. The summed E-state index contributed by atoms with van der Waals surface area (Å²) in [5.74, 6) is 0. The van der Waals surface area contributed by atoms with E-state index in [1.807, 2.05) is 12.4 Å². The predicted molar refractivity (Wildman–Crippen MR) is 87.3 cm³/mol. The van der Waals surface area contributed by atoms with Crippen LogP contribution in [0.4, 0.5) is 0 Å². The molecule has 0 fully saturated rings. The molecule has 0 bridgehead atoms. The van der Waals surface area contributed by atoms with Crippen molar-refractivity contribution in [3.63, 3.8) is 0 Å². The second-order valence-corrected chi connectivity index (χ2v) is 7.16. The third-order valence-corrected chi connectivity index (χ3v) is 4.08. The zero-order chi connectivity index (χ0) is 14.9. The van der Waals surface area contributed by atoms with Crippen LogP contribution in [0.3, 0.4) is 0 Å². The van der Waals surface area contributed by atoms with E-state index in [1.165, 1.54) is 16.7 Å². The van der Waals surface area contributed by atoms with Gasteiger partial charge in [-0.2, -0.15) is 0 Å². The Labute approximate surface area is 127 Å². The highest BCUT2D eigenvalue weighted by Gasteiger charge is 2.30. The maximum Gasteiger partial charge on any atom is 0.0605 e. The Bertz CT molecular complexity index is 598. The number of hydrogen-bond acceptors (Lipinski definition) is 2. The Balaban J connectivity index is 2.03. The average molecular weight is 280 g/mol. The van der Waals surface area contributed by atoms with Crippen LogP contribution in [0.1, 0.15) is 43.5 Å². The van der Waals surface area contributed by atoms with Crippen molar-refractivity contribution in [3.8, 4) is 0 Å². The second kappa shape index (κ2) is 5.61. The van der Waals surface area contributed by atoms with Gasteiger partial charge in [-0.25, -0.2) is 0 Å². The van der Waals surface area contributed by atoms with Crippen molar-refractivity contribution in [2.24, 2.45) is 5.41 Å². The fourth-order valence-corrected chi connectivity index (χ4v) is 3.33. The van der Waals surface area contributed by atoms with Crippen molar-refractivity contribution in [3.05, 3.63) is 65.5 Å². The minimum Gasteiger partial charge on any atom is -0.292 e. The van der Waals surface area contributed by atoms with Gasteiger partial charge in [0.25, 0.3) is 0 Å². The molecule has 0 saturated heterocycles. The first-order valence-electron chi connectivity index (χ1n) is 7.76. The summed E-state index contributed by atoms with van der Waals surface area (Å²) in [5, 5.41) is 0. The van der Waals surface area contributed by atoms with Crippen molar-refractivity contribution in [1.82, 2.24) is 9.88 Å². The Kier molecular flexibility index (Phi) is 3.81. The molecule has 1 atom stereocenters. The van der Waals surface area contributed by atoms with E-state index in [9.17, 15) is 0 Å². The van der Waals surface area contributed by atoms with Crippen LogP contribution in [-0.4, -0.2) is 23.0 Å². The van der Waals surface area contributed by atoms with Gasteiger partial charge in [0.1, 0.15) is 0 Å². The number of benzene rings is 1. The van der Waals surface area contributed by atoms with Crippen LogP contribution in [0, 0.1) is 5.41 Å². The molecule has 2 heteroatoms. The van der Waals surface area contributed by atoms with Gasteiger partial charge < -0.3 is 0 Å². The second-order valence-electron chi connectivity index (χ2n) is 7.16. The van der Waals surface area contributed by atoms with Crippen LogP contribution < -0.4 is 0 Å². The van der Waals surface area contributed by atoms with E-state index in [-0.39, 0.29) is 0 Å². The number of hydrogen-bond donors (Lipinski definition) is 0. The number of rotatable bonds is 2. The molecule has 2 heterocycles. The summed E-state index contributed by atoms with van der Waals surface area (Å²) in [6.45, 7) is 9.18. The van der Waals surface area contributed by atoms with Gasteiger partial charge in [-0.3, -0.25) is 9.88 Å². The molecule has 0 aliphatic carbocycles. The van der Waals surface area contributed by atoms with Crippen LogP contribution in [-0.2, 0) is 6.42 Å². The molecule has 2 nitrogen and oxygen atoms in total. The summed E-state index contributed by atoms with van der Waals surface area (Å²) < 4.78 is 0. The first kappa shape index (κ1) is 14.3. The van der Waals surface area contributed by atoms with Crippen molar-refractivity contribution in [1.29, 1.82) is 0 Å². The molecule has 0 amide bonds. The topological polar surface area (TPSA) is 16.1 Å². The minimum atomic E-state index is 0.303. The molecule has 21 heavy (non-hydrogen) atoms. The normalized spacial score (nSPS) is 19.3. The van der Waals surface area contributed by atoms with Crippen molar-refractivity contribution >= 4 is 0 Å². The molecular weight excluding hydrogens is 256 g/mol. The van der Waals surface area contributed by atoms with Crippen LogP contribution in [0.5, 0.6) is 0 Å².